The molecule has 4 heterocycles. The lowest BCUT2D eigenvalue weighted by atomic mass is 9.92. The number of anilines is 1. The van der Waals surface area contributed by atoms with Crippen LogP contribution in [0.1, 0.15) is 127 Å². The lowest BCUT2D eigenvalue weighted by Gasteiger charge is -2.17. The predicted molar refractivity (Wildman–Crippen MR) is 368 cm³/mol. The number of pyridine rings is 1. The highest BCUT2D eigenvalue weighted by Gasteiger charge is 2.22. The van der Waals surface area contributed by atoms with E-state index in [2.05, 4.69) is 30.0 Å². The second kappa shape index (κ2) is 39.8. The molecule has 0 spiro atoms. The smallest absolute Gasteiger partial charge is 0.338 e. The molecule has 0 fully saturated rings. The zero-order valence-corrected chi connectivity index (χ0v) is 58.0. The maximum Gasteiger partial charge on any atom is 0.338 e. The molecule has 8 aromatic rings. The number of H-pyrrole nitrogens is 1. The summed E-state index contributed by atoms with van der Waals surface area (Å²) in [5.41, 5.74) is 23.5. The Labute approximate surface area is 571 Å². The number of ketones is 1. The fraction of sp³-hybridized carbons (Fsp3) is 0.265. The number of methoxy groups -OCH3 is 2. The fourth-order valence-electron chi connectivity index (χ4n) is 9.17. The largest absolute Gasteiger partial charge is 0.478 e. The number of carboxylic acid groups (broad SMARTS) is 1. The number of esters is 2. The number of aryl methyl sites for hydroxylation is 5. The van der Waals surface area contributed by atoms with Gasteiger partial charge in [0.1, 0.15) is 23.8 Å². The molecule has 27 heteroatoms. The summed E-state index contributed by atoms with van der Waals surface area (Å²) in [6.07, 6.45) is 14.0. The van der Waals surface area contributed by atoms with Crippen LogP contribution in [0.4, 0.5) is 10.1 Å². The first-order valence-electron chi connectivity index (χ1n) is 29.1. The van der Waals surface area contributed by atoms with Gasteiger partial charge in [-0.2, -0.15) is 0 Å². The van der Waals surface area contributed by atoms with E-state index in [0.29, 0.717) is 77.7 Å². The van der Waals surface area contributed by atoms with Crippen molar-refractivity contribution in [2.45, 2.75) is 96.1 Å². The van der Waals surface area contributed by atoms with E-state index in [9.17, 15) is 33.2 Å². The van der Waals surface area contributed by atoms with Crippen LogP contribution in [0.25, 0.3) is 17.1 Å². The molecule has 0 saturated heterocycles. The number of aromatic nitrogens is 7. The number of allylic oxidation sites excluding steroid dienone is 3. The van der Waals surface area contributed by atoms with Gasteiger partial charge in [0, 0.05) is 105 Å². The number of hydrogen-bond acceptors (Lipinski definition) is 16. The Morgan fingerprint density at radius 1 is 0.653 bits per heavy atom. The van der Waals surface area contributed by atoms with E-state index in [4.69, 9.17) is 83.5 Å². The lowest BCUT2D eigenvalue weighted by molar-refractivity contribution is -0.122. The molecule has 1 aliphatic rings. The van der Waals surface area contributed by atoms with Gasteiger partial charge in [0.2, 0.25) is 0 Å². The normalized spacial score (nSPS) is 11.0. The number of carboxylic acids is 1. The summed E-state index contributed by atoms with van der Waals surface area (Å²) in [5.74, 6) is 0.425. The van der Waals surface area contributed by atoms with Crippen molar-refractivity contribution in [2.24, 2.45) is 5.73 Å². The Morgan fingerprint density at radius 2 is 1.03 bits per heavy atom. The Kier molecular flexibility index (Phi) is 33.3. The van der Waals surface area contributed by atoms with Crippen LogP contribution in [-0.4, -0.2) is 115 Å². The first-order valence-corrected chi connectivity index (χ1v) is 29.9. The number of carbonyl (C=O) groups is 8. The molecule has 0 radical (unpaired) electrons. The topological polar surface area (TPSA) is 326 Å². The van der Waals surface area contributed by atoms with Gasteiger partial charge in [-0.3, -0.25) is 28.4 Å². The van der Waals surface area contributed by atoms with E-state index in [1.807, 2.05) is 107 Å². The van der Waals surface area contributed by atoms with Gasteiger partial charge in [-0.25, -0.2) is 29.3 Å². The van der Waals surface area contributed by atoms with E-state index < -0.39 is 25.1 Å². The summed E-state index contributed by atoms with van der Waals surface area (Å²) in [6, 6.07) is 15.1. The summed E-state index contributed by atoms with van der Waals surface area (Å²) in [6.45, 7) is 22.4. The number of benzene rings is 4. The van der Waals surface area contributed by atoms with Crippen LogP contribution in [0.15, 0.2) is 119 Å². The third-order valence-corrected chi connectivity index (χ3v) is 14.8. The van der Waals surface area contributed by atoms with Gasteiger partial charge >= 0.3 is 17.9 Å². The summed E-state index contributed by atoms with van der Waals surface area (Å²) in [4.78, 5) is 112. The molecule has 506 valence electrons. The second-order valence-electron chi connectivity index (χ2n) is 20.4. The molecule has 7 N–H and O–H groups in total. The summed E-state index contributed by atoms with van der Waals surface area (Å²) in [7, 11) is 1.67. The number of nitrogens with two attached hydrogens (primary N) is 2. The molecule has 1 amide bonds. The molecule has 95 heavy (non-hydrogen) atoms. The number of imidazole rings is 3. The number of aromatic carboxylic acids is 1. The number of aromatic amines is 1. The SMILES string of the molecule is CC1=CC(C)=C(CNC(=O)c2cc(Cl)cc(-n3ccnc3C)c2C)C(=O)C1.CC=O.COC(=O)c1cc(Cl)cc(-n2ccnc2C)c1C.COC(=O)c1cc(Cl)cc(N)c1C.Cc1c(C(=O)O)cc(Cl)cc1-n1ccnc1C.Cc1cc(C)c(CN)c(=O)[nH]1.O=CC=O.[2H]CF. The molecule has 0 unspecified atom stereocenters. The maximum absolute atomic E-state index is 12.8. The quantitative estimate of drug-likeness (QED) is 0.0348. The van der Waals surface area contributed by atoms with Gasteiger partial charge in [0.25, 0.3) is 11.5 Å². The van der Waals surface area contributed by atoms with Gasteiger partial charge < -0.3 is 54.8 Å². The Morgan fingerprint density at radius 3 is 1.39 bits per heavy atom. The highest BCUT2D eigenvalue weighted by atomic mass is 35.5. The van der Waals surface area contributed by atoms with Crippen molar-refractivity contribution in [1.82, 2.24) is 39.0 Å². The molecule has 9 rings (SSSR count). The maximum atomic E-state index is 12.8. The molecule has 4 aromatic heterocycles. The zero-order valence-electron chi connectivity index (χ0n) is 56.0. The molecule has 22 nitrogen and oxygen atoms in total. The highest BCUT2D eigenvalue weighted by Crippen LogP contribution is 2.29. The number of nitrogen functional groups attached to an aromatic ring is 1. The number of carbonyl (C=O) groups excluding carboxylic acids is 7. The van der Waals surface area contributed by atoms with Gasteiger partial charge in [-0.1, -0.05) is 58.1 Å². The number of alkyl halides is 1. The highest BCUT2D eigenvalue weighted by molar-refractivity contribution is 6.32. The number of hydrogen-bond donors (Lipinski definition) is 5. The standard InChI is InChI=1S/C21H22ClN3O2.C13H13ClN2O2.C12H11ClN2O2.C9H10ClNO2.C8H12N2O.C2H2O2.C2H4O.CH3F/c1-12-7-13(2)18(20(26)8-12)11-24-21(27)17-9-16(22)10-19(14(17)3)25-6-5-23-15(25)4;1-8-11(13(17)18-3)6-10(14)7-12(8)16-5-4-15-9(16)2;1-7-10(12(16)17)5-9(13)6-11(7)15-4-3-14-8(15)2;1-5-7(9(12)13-2)3-6(10)4-8(5)11;1-5-3-6(2)10-8(11)7(5)4-9;3-1-2-4;1-2-3;1-2/h5-7,9-10H,8,11H2,1-4H3,(H,24,27);4-7H,1-3H3;3-6H,1-2H3,(H,16,17);3-4H,11H2,1-2H3;3H,4,9H2,1-2H3,(H,10,11);1-2H;2H,1H3;1H3/i;;;;;;;1D. The lowest BCUT2D eigenvalue weighted by Crippen LogP contribution is -2.30. The fourth-order valence-corrected chi connectivity index (χ4v) is 10.0. The van der Waals surface area contributed by atoms with E-state index in [-0.39, 0.29) is 41.9 Å². The van der Waals surface area contributed by atoms with Gasteiger partial charge in [0.05, 0.1) is 56.5 Å². The van der Waals surface area contributed by atoms with Crippen molar-refractivity contribution in [3.05, 3.63) is 224 Å². The Hall–Kier alpha value is -9.65. The molecule has 0 bridgehead atoms. The van der Waals surface area contributed by atoms with Crippen LogP contribution in [0.3, 0.4) is 0 Å². The van der Waals surface area contributed by atoms with Crippen LogP contribution >= 0.6 is 46.4 Å². The molecular formula is C68H77Cl4FN10O12. The minimum Gasteiger partial charge on any atom is -0.478 e. The molecule has 0 atom stereocenters. The van der Waals surface area contributed by atoms with Crippen LogP contribution in [0, 0.1) is 62.3 Å². The summed E-state index contributed by atoms with van der Waals surface area (Å²) in [5, 5.41) is 13.8. The van der Waals surface area contributed by atoms with E-state index >= 15 is 0 Å². The van der Waals surface area contributed by atoms with Crippen molar-refractivity contribution in [1.29, 1.82) is 0 Å². The molecule has 4 aromatic carbocycles. The average molecular weight is 1390 g/mol. The summed E-state index contributed by atoms with van der Waals surface area (Å²) >= 11 is 24.0. The van der Waals surface area contributed by atoms with Crippen molar-refractivity contribution < 1.29 is 58.7 Å². The molecule has 1 aliphatic carbocycles. The number of ether oxygens (including phenoxy) is 2. The van der Waals surface area contributed by atoms with Gasteiger partial charge in [-0.05, 0) is 171 Å². The van der Waals surface area contributed by atoms with E-state index in [1.165, 1.54) is 27.2 Å². The van der Waals surface area contributed by atoms with E-state index in [0.717, 1.165) is 74.4 Å². The van der Waals surface area contributed by atoms with Gasteiger partial charge in [-0.15, -0.1) is 0 Å². The minimum atomic E-state index is -1.00. The number of amides is 1. The van der Waals surface area contributed by atoms with Crippen molar-refractivity contribution in [2.75, 3.05) is 33.7 Å². The minimum absolute atomic E-state index is 0.0605. The van der Waals surface area contributed by atoms with Crippen molar-refractivity contribution in [3.63, 3.8) is 0 Å². The second-order valence-corrected chi connectivity index (χ2v) is 22.1. The molecule has 0 aliphatic heterocycles. The van der Waals surface area contributed by atoms with Crippen LogP contribution in [0.5, 0.6) is 0 Å². The van der Waals surface area contributed by atoms with Crippen LogP contribution in [-0.2, 0) is 35.2 Å². The van der Waals surface area contributed by atoms with Gasteiger partial charge in [0.15, 0.2) is 18.4 Å². The Balaban J connectivity index is 0.000000405. The summed E-state index contributed by atoms with van der Waals surface area (Å²) < 4.78 is 30.4. The van der Waals surface area contributed by atoms with Crippen LogP contribution in [0.2, 0.25) is 20.1 Å². The number of halogens is 5. The first-order chi connectivity index (χ1) is 45.3. The number of nitrogens with one attached hydrogen (secondary N) is 2. The molecule has 0 saturated carbocycles. The zero-order chi connectivity index (χ0) is 72.8. The number of nitrogens with zero attached hydrogens (tertiary/aromatic N) is 6. The number of rotatable bonds is 11. The third kappa shape index (κ3) is 23.4. The van der Waals surface area contributed by atoms with Crippen molar-refractivity contribution >= 4 is 101 Å². The van der Waals surface area contributed by atoms with E-state index in [1.54, 1.807) is 75.0 Å². The third-order valence-electron chi connectivity index (χ3n) is 13.9. The molecular weight excluding hydrogens is 1310 g/mol. The monoisotopic (exact) mass is 1390 g/mol. The average Bonchev–Trinajstić information content (AvgIpc) is 1.45. The van der Waals surface area contributed by atoms with Crippen molar-refractivity contribution in [3.8, 4) is 17.1 Å². The first kappa shape index (κ1) is 79.6. The van der Waals surface area contributed by atoms with Crippen LogP contribution < -0.4 is 22.3 Å². The number of aldehydes is 3. The predicted octanol–water partition coefficient (Wildman–Crippen LogP) is 12.5. The number of Topliss-reactive ketones (excluding diaryl/α,β-unsaturated/α-hetero) is 1. The Bertz CT molecular complexity index is 4210.